The molecule has 4 N–H and O–H groups in total. The van der Waals surface area contributed by atoms with Crippen molar-refractivity contribution in [2.45, 2.75) is 57.6 Å². The average Bonchev–Trinajstić information content (AvgIpc) is 2.96. The molecule has 1 fully saturated rings. The summed E-state index contributed by atoms with van der Waals surface area (Å²) in [6.07, 6.45) is -2.52. The Bertz CT molecular complexity index is 1350. The Kier molecular flexibility index (Phi) is 10.7. The minimum Gasteiger partial charge on any atom is -0.508 e. The molecule has 3 aromatic rings. The number of hydrogen-bond donors (Lipinski definition) is 4. The third kappa shape index (κ3) is 8.60. The number of likely N-dealkylation sites (N-methyl/N-ethyl adjacent to an activating group) is 1. The number of anilines is 1. The Balaban J connectivity index is 1.50. The lowest BCUT2D eigenvalue weighted by Crippen LogP contribution is -2.39. The molecule has 224 valence electrons. The van der Waals surface area contributed by atoms with Gasteiger partial charge in [-0.3, -0.25) is 9.59 Å². The molecular formula is C32H38N2O8. The summed E-state index contributed by atoms with van der Waals surface area (Å²) in [6, 6.07) is 21.2. The number of ether oxygens (including phenoxy) is 3. The Hall–Kier alpha value is -3.80. The summed E-state index contributed by atoms with van der Waals surface area (Å²) < 4.78 is 17.8. The molecule has 10 nitrogen and oxygen atoms in total. The standard InChI is InChI=1S/C32H38N2O8/c1-20(40-21(2)36)31(39)33-26-8-4-7-25(14-26)32-41-28(16-30(42-32)23-12-10-22(19-35)11-13-23)17-34(3)18-29(38)24-6-5-9-27(37)15-24/h4-15,20,28-30,32,35,37-38H,16-19H2,1-3H3,(H,33,39)/t20-,28-,29+,30+,32?/m0/s1. The largest absolute Gasteiger partial charge is 0.508 e. The van der Waals surface area contributed by atoms with Gasteiger partial charge in [0.15, 0.2) is 12.4 Å². The van der Waals surface area contributed by atoms with Gasteiger partial charge in [0.2, 0.25) is 0 Å². The number of aliphatic hydroxyl groups is 2. The molecular weight excluding hydrogens is 540 g/mol. The maximum atomic E-state index is 12.5. The highest BCUT2D eigenvalue weighted by Crippen LogP contribution is 2.38. The molecule has 10 heteroatoms. The van der Waals surface area contributed by atoms with Crippen molar-refractivity contribution >= 4 is 17.6 Å². The molecule has 0 aromatic heterocycles. The fourth-order valence-corrected chi connectivity index (χ4v) is 4.90. The third-order valence-corrected chi connectivity index (χ3v) is 7.01. The first-order chi connectivity index (χ1) is 20.1. The molecule has 0 saturated carbocycles. The van der Waals surface area contributed by atoms with Crippen LogP contribution >= 0.6 is 0 Å². The third-order valence-electron chi connectivity index (χ3n) is 7.01. The molecule has 0 aliphatic carbocycles. The van der Waals surface area contributed by atoms with E-state index in [0.717, 1.165) is 11.1 Å². The Morgan fingerprint density at radius 3 is 2.48 bits per heavy atom. The van der Waals surface area contributed by atoms with Gasteiger partial charge in [-0.15, -0.1) is 0 Å². The molecule has 1 saturated heterocycles. The molecule has 42 heavy (non-hydrogen) atoms. The van der Waals surface area contributed by atoms with E-state index >= 15 is 0 Å². The number of benzene rings is 3. The quantitative estimate of drug-likeness (QED) is 0.249. The predicted octanol–water partition coefficient (Wildman–Crippen LogP) is 3.99. The van der Waals surface area contributed by atoms with E-state index in [4.69, 9.17) is 14.2 Å². The van der Waals surface area contributed by atoms with Crippen LogP contribution in [-0.4, -0.2) is 64.4 Å². The number of aliphatic hydroxyl groups excluding tert-OH is 2. The van der Waals surface area contributed by atoms with Crippen molar-refractivity contribution < 1.29 is 39.1 Å². The summed E-state index contributed by atoms with van der Waals surface area (Å²) >= 11 is 0. The zero-order valence-corrected chi connectivity index (χ0v) is 24.0. The summed E-state index contributed by atoms with van der Waals surface area (Å²) in [5.41, 5.74) is 3.55. The molecule has 0 bridgehead atoms. The Morgan fingerprint density at radius 2 is 1.79 bits per heavy atom. The van der Waals surface area contributed by atoms with Crippen LogP contribution < -0.4 is 5.32 Å². The number of phenolic OH excluding ortho intramolecular Hbond substituents is 1. The lowest BCUT2D eigenvalue weighted by atomic mass is 9.99. The van der Waals surface area contributed by atoms with Gasteiger partial charge < -0.3 is 39.7 Å². The molecule has 5 atom stereocenters. The van der Waals surface area contributed by atoms with Crippen LogP contribution in [0.15, 0.2) is 72.8 Å². The summed E-state index contributed by atoms with van der Waals surface area (Å²) in [6.45, 7) is 3.52. The highest BCUT2D eigenvalue weighted by molar-refractivity contribution is 5.95. The van der Waals surface area contributed by atoms with E-state index < -0.39 is 30.4 Å². The number of carbonyl (C=O) groups is 2. The molecule has 1 aliphatic heterocycles. The zero-order valence-electron chi connectivity index (χ0n) is 24.0. The van der Waals surface area contributed by atoms with E-state index in [-0.39, 0.29) is 24.6 Å². The lowest BCUT2D eigenvalue weighted by Gasteiger charge is -2.38. The summed E-state index contributed by atoms with van der Waals surface area (Å²) in [5, 5.41) is 32.7. The highest BCUT2D eigenvalue weighted by Gasteiger charge is 2.33. The predicted molar refractivity (Wildman–Crippen MR) is 155 cm³/mol. The smallest absolute Gasteiger partial charge is 0.303 e. The minimum atomic E-state index is -0.949. The van der Waals surface area contributed by atoms with Crippen LogP contribution in [0, 0.1) is 0 Å². The fraction of sp³-hybridized carbons (Fsp3) is 0.375. The molecule has 4 rings (SSSR count). The van der Waals surface area contributed by atoms with Gasteiger partial charge in [-0.1, -0.05) is 48.5 Å². The number of phenols is 1. The second-order valence-electron chi connectivity index (χ2n) is 10.5. The normalized spacial score (nSPS) is 20.1. The highest BCUT2D eigenvalue weighted by atomic mass is 16.7. The topological polar surface area (TPSA) is 138 Å². The van der Waals surface area contributed by atoms with Gasteiger partial charge in [0.25, 0.3) is 5.91 Å². The lowest BCUT2D eigenvalue weighted by molar-refractivity contribution is -0.252. The van der Waals surface area contributed by atoms with Gasteiger partial charge in [0, 0.05) is 37.7 Å². The van der Waals surface area contributed by atoms with Crippen molar-refractivity contribution in [2.75, 3.05) is 25.5 Å². The maximum Gasteiger partial charge on any atom is 0.303 e. The molecule has 1 aliphatic rings. The fourth-order valence-electron chi connectivity index (χ4n) is 4.90. The molecule has 1 heterocycles. The van der Waals surface area contributed by atoms with Gasteiger partial charge >= 0.3 is 5.97 Å². The number of carbonyl (C=O) groups excluding carboxylic acids is 2. The van der Waals surface area contributed by atoms with Gasteiger partial charge in [0.1, 0.15) is 5.75 Å². The summed E-state index contributed by atoms with van der Waals surface area (Å²) in [4.78, 5) is 25.7. The van der Waals surface area contributed by atoms with Crippen molar-refractivity contribution in [3.05, 3.63) is 95.1 Å². The van der Waals surface area contributed by atoms with E-state index in [2.05, 4.69) is 5.32 Å². The zero-order chi connectivity index (χ0) is 30.2. The SMILES string of the molecule is CC(=O)O[C@@H](C)C(=O)Nc1cccc(C2O[C@H](CN(C)C[C@@H](O)c3cccc(O)c3)C[C@H](c3ccc(CO)cc3)O2)c1. The van der Waals surface area contributed by atoms with Crippen molar-refractivity contribution in [3.8, 4) is 5.75 Å². The van der Waals surface area contributed by atoms with Crippen LogP contribution in [0.25, 0.3) is 0 Å². The second-order valence-corrected chi connectivity index (χ2v) is 10.5. The van der Waals surface area contributed by atoms with Crippen molar-refractivity contribution in [3.63, 3.8) is 0 Å². The van der Waals surface area contributed by atoms with Crippen molar-refractivity contribution in [2.24, 2.45) is 0 Å². The monoisotopic (exact) mass is 578 g/mol. The molecule has 0 spiro atoms. The van der Waals surface area contributed by atoms with E-state index in [0.29, 0.717) is 36.3 Å². The number of esters is 1. The van der Waals surface area contributed by atoms with E-state index in [9.17, 15) is 24.9 Å². The van der Waals surface area contributed by atoms with E-state index in [1.807, 2.05) is 42.3 Å². The molecule has 0 radical (unpaired) electrons. The number of nitrogens with zero attached hydrogens (tertiary/aromatic N) is 1. The van der Waals surface area contributed by atoms with Gasteiger partial charge in [-0.2, -0.15) is 0 Å². The Labute approximate surface area is 245 Å². The summed E-state index contributed by atoms with van der Waals surface area (Å²) in [5.74, 6) is -0.905. The first kappa shape index (κ1) is 31.1. The number of nitrogens with one attached hydrogen (secondary N) is 1. The van der Waals surface area contributed by atoms with Crippen molar-refractivity contribution in [1.82, 2.24) is 4.90 Å². The van der Waals surface area contributed by atoms with Crippen LogP contribution in [0.3, 0.4) is 0 Å². The van der Waals surface area contributed by atoms with Crippen molar-refractivity contribution in [1.29, 1.82) is 0 Å². The van der Waals surface area contributed by atoms with Crippen LogP contribution in [0.1, 0.15) is 61.0 Å². The van der Waals surface area contributed by atoms with E-state index in [1.165, 1.54) is 13.8 Å². The number of hydrogen-bond acceptors (Lipinski definition) is 9. The molecule has 3 aromatic carbocycles. The average molecular weight is 579 g/mol. The summed E-state index contributed by atoms with van der Waals surface area (Å²) in [7, 11) is 1.89. The van der Waals surface area contributed by atoms with Crippen LogP contribution in [0.5, 0.6) is 5.75 Å². The molecule has 1 amide bonds. The molecule has 1 unspecified atom stereocenters. The number of rotatable bonds is 11. The number of amides is 1. The maximum absolute atomic E-state index is 12.5. The first-order valence-corrected chi connectivity index (χ1v) is 13.9. The van der Waals surface area contributed by atoms with Crippen LogP contribution in [0.4, 0.5) is 5.69 Å². The van der Waals surface area contributed by atoms with Gasteiger partial charge in [-0.25, -0.2) is 0 Å². The van der Waals surface area contributed by atoms with Crippen LogP contribution in [-0.2, 0) is 30.4 Å². The van der Waals surface area contributed by atoms with Gasteiger partial charge in [-0.05, 0) is 54.9 Å². The van der Waals surface area contributed by atoms with Crippen LogP contribution in [0.2, 0.25) is 0 Å². The Morgan fingerprint density at radius 1 is 1.05 bits per heavy atom. The second kappa shape index (κ2) is 14.4. The van der Waals surface area contributed by atoms with Gasteiger partial charge in [0.05, 0.1) is 24.9 Å². The first-order valence-electron chi connectivity index (χ1n) is 13.9. The number of aromatic hydroxyl groups is 1. The van der Waals surface area contributed by atoms with E-state index in [1.54, 1.807) is 42.5 Å². The minimum absolute atomic E-state index is 0.0545.